The van der Waals surface area contributed by atoms with E-state index in [4.69, 9.17) is 4.99 Å². The third-order valence-electron chi connectivity index (χ3n) is 9.46. The Kier molecular flexibility index (Phi) is 10.6. The molecule has 0 fully saturated rings. The Morgan fingerprint density at radius 3 is 1.60 bits per heavy atom. The van der Waals surface area contributed by atoms with Crippen molar-refractivity contribution in [1.29, 1.82) is 0 Å². The molecule has 6 rings (SSSR count). The van der Waals surface area contributed by atoms with Crippen LogP contribution < -0.4 is 20.0 Å². The van der Waals surface area contributed by atoms with E-state index in [0.29, 0.717) is 5.17 Å². The molecular weight excluding hydrogens is 635 g/mol. The van der Waals surface area contributed by atoms with Crippen molar-refractivity contribution in [2.45, 2.75) is 46.3 Å². The number of aryl methyl sites for hydroxylation is 1. The van der Waals surface area contributed by atoms with Gasteiger partial charge in [-0.05, 0) is 106 Å². The number of thioether (sulfide) groups is 1. The fourth-order valence-electron chi connectivity index (χ4n) is 6.94. The summed E-state index contributed by atoms with van der Waals surface area (Å²) in [6.45, 7) is 15.8. The molecule has 1 N–H and O–H groups in total. The molecule has 0 aromatic heterocycles. The average Bonchev–Trinajstić information content (AvgIpc) is 3.14. The number of hydrogen-bond donors (Lipinski definition) is 1. The minimum Gasteiger partial charge on any atom is -0.372 e. The van der Waals surface area contributed by atoms with E-state index >= 15 is 0 Å². The van der Waals surface area contributed by atoms with E-state index in [-0.39, 0.29) is 5.91 Å². The first kappa shape index (κ1) is 34.8. The first-order valence-corrected chi connectivity index (χ1v) is 18.5. The van der Waals surface area contributed by atoms with Gasteiger partial charge in [0.05, 0.1) is 5.69 Å². The molecule has 1 aliphatic heterocycles. The van der Waals surface area contributed by atoms with Crippen molar-refractivity contribution in [3.05, 3.63) is 144 Å². The minimum absolute atomic E-state index is 0.141. The number of fused-ring (bicyclic) bond motifs is 1. The summed E-state index contributed by atoms with van der Waals surface area (Å²) in [6.07, 6.45) is 0. The highest BCUT2D eigenvalue weighted by Crippen LogP contribution is 2.55. The van der Waals surface area contributed by atoms with Gasteiger partial charge in [-0.15, -0.1) is 0 Å². The lowest BCUT2D eigenvalue weighted by molar-refractivity contribution is -0.117. The van der Waals surface area contributed by atoms with Crippen LogP contribution in [0.1, 0.15) is 56.9 Å². The Morgan fingerprint density at radius 1 is 0.640 bits per heavy atom. The first-order valence-electron chi connectivity index (χ1n) is 17.6. The van der Waals surface area contributed by atoms with Gasteiger partial charge in [-0.3, -0.25) is 4.79 Å². The molecule has 1 heterocycles. The highest BCUT2D eigenvalue weighted by Gasteiger charge is 2.43. The molecule has 5 aromatic rings. The molecule has 50 heavy (non-hydrogen) atoms. The van der Waals surface area contributed by atoms with E-state index in [2.05, 4.69) is 170 Å². The summed E-state index contributed by atoms with van der Waals surface area (Å²) in [5.74, 6) is -0.141. The Hall–Kier alpha value is -5.01. The summed E-state index contributed by atoms with van der Waals surface area (Å²) >= 11 is 1.59. The van der Waals surface area contributed by atoms with Crippen molar-refractivity contribution in [3.8, 4) is 0 Å². The lowest BCUT2D eigenvalue weighted by atomic mass is 9.82. The molecule has 0 saturated carbocycles. The molecule has 1 atom stereocenters. The standard InChI is InChI=1S/C43H47N5OS/c1-7-46(8-2)39-28-29-40-41(30-39)45-42(44-32(6)49)50-43(40,33-18-24-37(25-19-33)47(9-3)35-14-12-11-13-15-35)34-20-26-38(27-21-34)48(10-4)36-22-16-31(5)17-23-36/h11-30H,7-10H2,1-6H3,(H,44,45,49). The molecule has 0 spiro atoms. The van der Waals surface area contributed by atoms with Gasteiger partial charge in [0.2, 0.25) is 5.91 Å². The zero-order chi connectivity index (χ0) is 35.3. The van der Waals surface area contributed by atoms with Gasteiger partial charge in [0.1, 0.15) is 4.75 Å². The van der Waals surface area contributed by atoms with Crippen LogP contribution in [0.15, 0.2) is 126 Å². The minimum atomic E-state index is -0.682. The quantitative estimate of drug-likeness (QED) is 0.150. The van der Waals surface area contributed by atoms with Gasteiger partial charge >= 0.3 is 0 Å². The molecule has 0 aliphatic carbocycles. The number of carbonyl (C=O) groups is 1. The fraction of sp³-hybridized carbons (Fsp3) is 0.256. The number of aliphatic imine (C=N–C) groups is 1. The van der Waals surface area contributed by atoms with E-state index in [0.717, 1.165) is 77.0 Å². The van der Waals surface area contributed by atoms with Crippen LogP contribution in [-0.4, -0.2) is 37.3 Å². The summed E-state index contributed by atoms with van der Waals surface area (Å²) in [6, 6.07) is 43.6. The number of amides is 1. The number of rotatable bonds is 11. The summed E-state index contributed by atoms with van der Waals surface area (Å²) in [5.41, 5.74) is 11.1. The predicted octanol–water partition coefficient (Wildman–Crippen LogP) is 10.3. The number of hydrogen-bond acceptors (Lipinski definition) is 6. The summed E-state index contributed by atoms with van der Waals surface area (Å²) in [4.78, 5) is 24.6. The van der Waals surface area contributed by atoms with Crippen molar-refractivity contribution in [2.24, 2.45) is 4.99 Å². The van der Waals surface area contributed by atoms with Crippen molar-refractivity contribution < 1.29 is 4.79 Å². The van der Waals surface area contributed by atoms with Crippen LogP contribution in [-0.2, 0) is 9.54 Å². The first-order chi connectivity index (χ1) is 24.3. The van der Waals surface area contributed by atoms with Gasteiger partial charge in [0, 0.05) is 67.1 Å². The van der Waals surface area contributed by atoms with Crippen LogP contribution in [0.4, 0.5) is 34.1 Å². The molecule has 5 aromatic carbocycles. The van der Waals surface area contributed by atoms with Gasteiger partial charge < -0.3 is 20.0 Å². The van der Waals surface area contributed by atoms with Gasteiger partial charge in [-0.1, -0.05) is 78.0 Å². The zero-order valence-corrected chi connectivity index (χ0v) is 30.8. The van der Waals surface area contributed by atoms with E-state index in [1.165, 1.54) is 5.56 Å². The highest BCUT2D eigenvalue weighted by atomic mass is 32.2. The highest BCUT2D eigenvalue weighted by molar-refractivity contribution is 8.15. The number of benzene rings is 5. The lowest BCUT2D eigenvalue weighted by Gasteiger charge is -2.39. The summed E-state index contributed by atoms with van der Waals surface area (Å²) in [7, 11) is 0. The Labute approximate surface area is 301 Å². The van der Waals surface area contributed by atoms with Gasteiger partial charge in [-0.2, -0.15) is 0 Å². The van der Waals surface area contributed by atoms with Crippen LogP contribution in [0.3, 0.4) is 0 Å². The third kappa shape index (κ3) is 6.88. The molecule has 256 valence electrons. The normalized spacial score (nSPS) is 15.1. The lowest BCUT2D eigenvalue weighted by Crippen LogP contribution is -2.36. The van der Waals surface area contributed by atoms with Gasteiger partial charge in [-0.25, -0.2) is 4.99 Å². The Balaban J connectivity index is 1.52. The molecule has 1 aliphatic rings. The third-order valence-corrected chi connectivity index (χ3v) is 10.8. The second kappa shape index (κ2) is 15.3. The largest absolute Gasteiger partial charge is 0.372 e. The molecule has 0 radical (unpaired) electrons. The predicted molar refractivity (Wildman–Crippen MR) is 214 cm³/mol. The SMILES string of the molecule is CCN(CC)c1ccc2c(c1)N=C(NC(C)=O)SC2(c1ccc(N(CC)c2ccccc2)cc1)c1ccc(N(CC)c2ccc(C)cc2)cc1. The Bertz CT molecular complexity index is 1940. The van der Waals surface area contributed by atoms with E-state index < -0.39 is 4.75 Å². The maximum atomic E-state index is 12.5. The maximum absolute atomic E-state index is 12.5. The number of nitrogens with one attached hydrogen (secondary N) is 1. The molecule has 6 nitrogen and oxygen atoms in total. The number of anilines is 5. The van der Waals surface area contributed by atoms with Crippen LogP contribution in [0.5, 0.6) is 0 Å². The molecule has 7 heteroatoms. The Morgan fingerprint density at radius 2 is 1.12 bits per heavy atom. The van der Waals surface area contributed by atoms with E-state index in [1.807, 2.05) is 6.07 Å². The second-order valence-electron chi connectivity index (χ2n) is 12.5. The van der Waals surface area contributed by atoms with Crippen LogP contribution in [0.2, 0.25) is 0 Å². The molecule has 1 unspecified atom stereocenters. The van der Waals surface area contributed by atoms with Gasteiger partial charge in [0.15, 0.2) is 5.17 Å². The van der Waals surface area contributed by atoms with E-state index in [1.54, 1.807) is 18.7 Å². The monoisotopic (exact) mass is 681 g/mol. The molecule has 1 amide bonds. The molecular formula is C43H47N5OS. The number of para-hydroxylation sites is 1. The number of amidine groups is 1. The zero-order valence-electron chi connectivity index (χ0n) is 30.0. The van der Waals surface area contributed by atoms with Crippen LogP contribution in [0, 0.1) is 6.92 Å². The van der Waals surface area contributed by atoms with Crippen molar-refractivity contribution in [3.63, 3.8) is 0 Å². The van der Waals surface area contributed by atoms with E-state index in [9.17, 15) is 4.79 Å². The number of nitrogens with zero attached hydrogens (tertiary/aromatic N) is 4. The molecule has 0 saturated heterocycles. The topological polar surface area (TPSA) is 51.2 Å². The van der Waals surface area contributed by atoms with Crippen molar-refractivity contribution in [2.75, 3.05) is 40.9 Å². The van der Waals surface area contributed by atoms with Gasteiger partial charge in [0.25, 0.3) is 0 Å². The average molecular weight is 682 g/mol. The summed E-state index contributed by atoms with van der Waals surface area (Å²) in [5, 5.41) is 3.65. The fourth-order valence-corrected chi connectivity index (χ4v) is 8.36. The number of carbonyl (C=O) groups excluding carboxylic acids is 1. The smallest absolute Gasteiger partial charge is 0.222 e. The van der Waals surface area contributed by atoms with Crippen molar-refractivity contribution in [1.82, 2.24) is 5.32 Å². The summed E-state index contributed by atoms with van der Waals surface area (Å²) < 4.78 is -0.682. The molecule has 0 bridgehead atoms. The maximum Gasteiger partial charge on any atom is 0.222 e. The second-order valence-corrected chi connectivity index (χ2v) is 13.7. The van der Waals surface area contributed by atoms with Crippen molar-refractivity contribution >= 4 is 57.0 Å². The van der Waals surface area contributed by atoms with Crippen LogP contribution >= 0.6 is 11.8 Å². The van der Waals surface area contributed by atoms with Crippen LogP contribution in [0.25, 0.3) is 0 Å².